The van der Waals surface area contributed by atoms with Crippen LogP contribution in [0.2, 0.25) is 0 Å². The minimum atomic E-state index is 0.303. The molecule has 0 unspecified atom stereocenters. The Balaban J connectivity index is 2.12. The van der Waals surface area contributed by atoms with Crippen LogP contribution in [0.4, 0.5) is 17.8 Å². The molecule has 0 aliphatic carbocycles. The molecule has 0 amide bonds. The Morgan fingerprint density at radius 2 is 1.95 bits per heavy atom. The first-order chi connectivity index (χ1) is 9.08. The fourth-order valence-electron chi connectivity index (χ4n) is 1.45. The highest BCUT2D eigenvalue weighted by molar-refractivity contribution is 5.42. The summed E-state index contributed by atoms with van der Waals surface area (Å²) in [5.74, 6) is 8.26. The Kier molecular flexibility index (Phi) is 3.81. The number of anilines is 3. The van der Waals surface area contributed by atoms with E-state index in [4.69, 9.17) is 10.3 Å². The molecular weight excluding hydrogens is 246 g/mol. The first-order valence-corrected chi connectivity index (χ1v) is 5.77. The maximum atomic E-state index is 5.46. The monoisotopic (exact) mass is 263 g/mol. The van der Waals surface area contributed by atoms with Crippen LogP contribution in [0.5, 0.6) is 0 Å². The van der Waals surface area contributed by atoms with Crippen LogP contribution in [0.3, 0.4) is 0 Å². The van der Waals surface area contributed by atoms with Crippen LogP contribution in [-0.4, -0.2) is 29.0 Å². The van der Waals surface area contributed by atoms with Gasteiger partial charge in [-0.25, -0.2) is 5.84 Å². The fourth-order valence-corrected chi connectivity index (χ4v) is 1.45. The lowest BCUT2D eigenvalue weighted by Gasteiger charge is -2.12. The maximum Gasteiger partial charge on any atom is 0.243 e. The minimum Gasteiger partial charge on any atom is -0.465 e. The van der Waals surface area contributed by atoms with Crippen molar-refractivity contribution in [1.29, 1.82) is 0 Å². The summed E-state index contributed by atoms with van der Waals surface area (Å²) >= 11 is 0. The average Bonchev–Trinajstić information content (AvgIpc) is 2.81. The zero-order chi connectivity index (χ0) is 13.8. The van der Waals surface area contributed by atoms with E-state index in [1.54, 1.807) is 4.90 Å². The maximum absolute atomic E-state index is 5.46. The second-order valence-corrected chi connectivity index (χ2v) is 4.19. The summed E-state index contributed by atoms with van der Waals surface area (Å²) in [4.78, 5) is 14.3. The number of nitrogens with two attached hydrogens (primary N) is 1. The van der Waals surface area contributed by atoms with Crippen molar-refractivity contribution in [2.45, 2.75) is 13.5 Å². The van der Waals surface area contributed by atoms with E-state index in [9.17, 15) is 0 Å². The number of hydrazine groups is 1. The predicted molar refractivity (Wildman–Crippen MR) is 72.7 cm³/mol. The van der Waals surface area contributed by atoms with Gasteiger partial charge in [0.2, 0.25) is 17.8 Å². The molecule has 0 aromatic carbocycles. The van der Waals surface area contributed by atoms with Crippen LogP contribution in [0.15, 0.2) is 16.5 Å². The first-order valence-electron chi connectivity index (χ1n) is 5.77. The molecule has 102 valence electrons. The number of aryl methyl sites for hydroxylation is 1. The molecule has 8 heteroatoms. The van der Waals surface area contributed by atoms with Gasteiger partial charge in [-0.2, -0.15) is 15.0 Å². The third kappa shape index (κ3) is 3.32. The van der Waals surface area contributed by atoms with E-state index in [0.717, 1.165) is 11.5 Å². The lowest BCUT2D eigenvalue weighted by atomic mass is 10.4. The van der Waals surface area contributed by atoms with Crippen molar-refractivity contribution in [3.63, 3.8) is 0 Å². The number of hydrogen-bond donors (Lipinski definition) is 3. The molecule has 0 spiro atoms. The topological polar surface area (TPSA) is 105 Å². The molecule has 8 nitrogen and oxygen atoms in total. The fraction of sp³-hybridized carbons (Fsp3) is 0.364. The zero-order valence-corrected chi connectivity index (χ0v) is 11.1. The standard InChI is InChI=1S/C11H17N7O/c1-7-4-5-8(19-7)6-13-9-14-10(17-12)16-11(15-9)18(2)3/h4-5H,6,12H2,1-3H3,(H2,13,14,15,16,17). The molecular formula is C11H17N7O. The van der Waals surface area contributed by atoms with Gasteiger partial charge < -0.3 is 14.6 Å². The van der Waals surface area contributed by atoms with Gasteiger partial charge in [0.05, 0.1) is 6.54 Å². The molecule has 2 heterocycles. The van der Waals surface area contributed by atoms with Crippen LogP contribution in [0, 0.1) is 6.92 Å². The highest BCUT2D eigenvalue weighted by Gasteiger charge is 2.07. The van der Waals surface area contributed by atoms with Crippen molar-refractivity contribution in [1.82, 2.24) is 15.0 Å². The molecule has 0 aliphatic rings. The third-order valence-electron chi connectivity index (χ3n) is 2.37. The predicted octanol–water partition coefficient (Wildman–Crippen LogP) is 0.737. The Hall–Kier alpha value is -2.35. The van der Waals surface area contributed by atoms with Gasteiger partial charge in [0.25, 0.3) is 0 Å². The van der Waals surface area contributed by atoms with E-state index in [1.807, 2.05) is 33.2 Å². The van der Waals surface area contributed by atoms with Gasteiger partial charge in [-0.3, -0.25) is 5.43 Å². The summed E-state index contributed by atoms with van der Waals surface area (Å²) in [6.45, 7) is 2.39. The highest BCUT2D eigenvalue weighted by atomic mass is 16.3. The quantitative estimate of drug-likeness (QED) is 0.536. The molecule has 2 aromatic rings. The molecule has 2 rings (SSSR count). The van der Waals surface area contributed by atoms with Gasteiger partial charge in [0, 0.05) is 14.1 Å². The Morgan fingerprint density at radius 1 is 1.21 bits per heavy atom. The van der Waals surface area contributed by atoms with Crippen molar-refractivity contribution in [3.05, 3.63) is 23.7 Å². The van der Waals surface area contributed by atoms with Crippen LogP contribution >= 0.6 is 0 Å². The number of nitrogen functional groups attached to an aromatic ring is 1. The second-order valence-electron chi connectivity index (χ2n) is 4.19. The van der Waals surface area contributed by atoms with Crippen molar-refractivity contribution in [3.8, 4) is 0 Å². The molecule has 0 radical (unpaired) electrons. The van der Waals surface area contributed by atoms with Gasteiger partial charge in [-0.1, -0.05) is 0 Å². The molecule has 19 heavy (non-hydrogen) atoms. The first kappa shape index (κ1) is 13.1. The van der Waals surface area contributed by atoms with Crippen molar-refractivity contribution in [2.75, 3.05) is 29.7 Å². The van der Waals surface area contributed by atoms with Crippen LogP contribution in [0.1, 0.15) is 11.5 Å². The summed E-state index contributed by atoms with van der Waals surface area (Å²) in [5, 5.41) is 3.07. The summed E-state index contributed by atoms with van der Waals surface area (Å²) in [6.07, 6.45) is 0. The van der Waals surface area contributed by atoms with Crippen molar-refractivity contribution in [2.24, 2.45) is 5.84 Å². The van der Waals surface area contributed by atoms with Gasteiger partial charge in [-0.15, -0.1) is 0 Å². The molecule has 0 saturated heterocycles. The van der Waals surface area contributed by atoms with Crippen molar-refractivity contribution < 1.29 is 4.42 Å². The molecule has 0 saturated carbocycles. The van der Waals surface area contributed by atoms with Gasteiger partial charge >= 0.3 is 0 Å². The summed E-state index contributed by atoms with van der Waals surface area (Å²) in [6, 6.07) is 3.81. The largest absolute Gasteiger partial charge is 0.465 e. The van der Waals surface area contributed by atoms with Crippen molar-refractivity contribution >= 4 is 17.8 Å². The van der Waals surface area contributed by atoms with Crippen LogP contribution in [0.25, 0.3) is 0 Å². The van der Waals surface area contributed by atoms with E-state index < -0.39 is 0 Å². The second kappa shape index (κ2) is 5.53. The van der Waals surface area contributed by atoms with E-state index in [-0.39, 0.29) is 0 Å². The number of furan rings is 1. The molecule has 0 aliphatic heterocycles. The van der Waals surface area contributed by atoms with E-state index >= 15 is 0 Å². The summed E-state index contributed by atoms with van der Waals surface area (Å²) in [7, 11) is 3.69. The number of aromatic nitrogens is 3. The van der Waals surface area contributed by atoms with Gasteiger partial charge in [-0.05, 0) is 19.1 Å². The van der Waals surface area contributed by atoms with E-state index in [0.29, 0.717) is 24.4 Å². The third-order valence-corrected chi connectivity index (χ3v) is 2.37. The normalized spacial score (nSPS) is 10.3. The minimum absolute atomic E-state index is 0.303. The lowest BCUT2D eigenvalue weighted by Crippen LogP contribution is -2.19. The smallest absolute Gasteiger partial charge is 0.243 e. The van der Waals surface area contributed by atoms with Crippen LogP contribution < -0.4 is 21.5 Å². The Morgan fingerprint density at radius 3 is 2.53 bits per heavy atom. The lowest BCUT2D eigenvalue weighted by molar-refractivity contribution is 0.490. The van der Waals surface area contributed by atoms with Gasteiger partial charge in [0.1, 0.15) is 11.5 Å². The number of nitrogens with zero attached hydrogens (tertiary/aromatic N) is 4. The summed E-state index contributed by atoms with van der Waals surface area (Å²) < 4.78 is 5.46. The van der Waals surface area contributed by atoms with E-state index in [2.05, 4.69) is 25.7 Å². The molecule has 4 N–H and O–H groups in total. The summed E-state index contributed by atoms with van der Waals surface area (Å²) in [5.41, 5.74) is 2.41. The Labute approximate surface area is 111 Å². The average molecular weight is 263 g/mol. The highest BCUT2D eigenvalue weighted by Crippen LogP contribution is 2.12. The number of nitrogens with one attached hydrogen (secondary N) is 2. The SMILES string of the molecule is Cc1ccc(CNc2nc(NN)nc(N(C)C)n2)o1. The molecule has 2 aromatic heterocycles. The zero-order valence-electron chi connectivity index (χ0n) is 11.1. The van der Waals surface area contributed by atoms with E-state index in [1.165, 1.54) is 0 Å². The van der Waals surface area contributed by atoms with Crippen LogP contribution in [-0.2, 0) is 6.54 Å². The molecule has 0 atom stereocenters. The van der Waals surface area contributed by atoms with Gasteiger partial charge in [0.15, 0.2) is 0 Å². The number of hydrogen-bond acceptors (Lipinski definition) is 8. The Bertz CT molecular complexity index is 552. The molecule has 0 fully saturated rings. The number of rotatable bonds is 5. The molecule has 0 bridgehead atoms.